The summed E-state index contributed by atoms with van der Waals surface area (Å²) < 4.78 is 14.8. The van der Waals surface area contributed by atoms with Gasteiger partial charge in [0.25, 0.3) is 0 Å². The molecule has 0 unspecified atom stereocenters. The first-order chi connectivity index (χ1) is 68.4. The van der Waals surface area contributed by atoms with Crippen LogP contribution < -0.4 is 0 Å². The van der Waals surface area contributed by atoms with E-state index >= 15 is 0 Å². The molecule has 0 atom stereocenters. The number of nitrogens with zero attached hydrogens (tertiary/aromatic N) is 9. The van der Waals surface area contributed by atoms with Gasteiger partial charge in [-0.2, -0.15) is 0 Å². The summed E-state index contributed by atoms with van der Waals surface area (Å²) in [7, 11) is 0. The molecule has 0 saturated carbocycles. The van der Waals surface area contributed by atoms with Crippen molar-refractivity contribution in [3.05, 3.63) is 443 Å². The Morgan fingerprint density at radius 3 is 1.08 bits per heavy atom. The normalized spacial score (nSPS) is 12.1. The van der Waals surface area contributed by atoms with E-state index in [1.807, 2.05) is 58.3 Å². The largest absolute Gasteiger partial charge is 0.278 e. The highest BCUT2D eigenvalue weighted by atomic mass is 32.1. The highest BCUT2D eigenvalue weighted by Gasteiger charge is 2.26. The van der Waals surface area contributed by atoms with Crippen molar-refractivity contribution >= 4 is 257 Å². The summed E-state index contributed by atoms with van der Waals surface area (Å²) >= 11 is 5.64. The summed E-state index contributed by atoms with van der Waals surface area (Å²) in [6.45, 7) is 0. The van der Waals surface area contributed by atoms with Gasteiger partial charge in [-0.3, -0.25) is 13.7 Å². The van der Waals surface area contributed by atoms with E-state index in [1.54, 1.807) is 0 Å². The van der Waals surface area contributed by atoms with Crippen LogP contribution in [0.3, 0.4) is 0 Å². The molecule has 31 rings (SSSR count). The third-order valence-corrected chi connectivity index (χ3v) is 31.7. The summed E-state index contributed by atoms with van der Waals surface area (Å²) in [6.07, 6.45) is 0. The molecule has 0 fully saturated rings. The number of para-hydroxylation sites is 5. The van der Waals surface area contributed by atoms with Crippen LogP contribution in [0.4, 0.5) is 0 Å². The van der Waals surface area contributed by atoms with Crippen molar-refractivity contribution in [2.24, 2.45) is 0 Å². The van der Waals surface area contributed by atoms with Crippen molar-refractivity contribution < 1.29 is 0 Å². The lowest BCUT2D eigenvalue weighted by atomic mass is 9.96. The molecule has 0 saturated heterocycles. The highest BCUT2D eigenvalue weighted by molar-refractivity contribution is 7.27. The number of hydrogen-bond acceptors (Lipinski definition) is 9. The second-order valence-electron chi connectivity index (χ2n) is 35.7. The first kappa shape index (κ1) is 78.0. The minimum atomic E-state index is 0.668. The van der Waals surface area contributed by atoms with E-state index in [-0.39, 0.29) is 0 Å². The molecule has 0 N–H and O–H groups in total. The fourth-order valence-corrected chi connectivity index (χ4v) is 25.5. The molecule has 0 amide bonds. The van der Waals surface area contributed by atoms with E-state index in [2.05, 4.69) is 432 Å². The van der Waals surface area contributed by atoms with E-state index in [0.29, 0.717) is 17.8 Å². The van der Waals surface area contributed by atoms with Gasteiger partial charge >= 0.3 is 0 Å². The predicted octanol–water partition coefficient (Wildman–Crippen LogP) is 34.9. The average molecular weight is 1810 g/mol. The topological polar surface area (TPSA) is 92.1 Å². The number of fused-ring (bicyclic) bond motifs is 34. The Morgan fingerprint density at radius 1 is 0.159 bits per heavy atom. The van der Waals surface area contributed by atoms with Crippen LogP contribution in [0.1, 0.15) is 0 Å². The Hall–Kier alpha value is -17.5. The lowest BCUT2D eigenvalue weighted by molar-refractivity contribution is 1.01. The van der Waals surface area contributed by atoms with Crippen LogP contribution in [0.5, 0.6) is 0 Å². The number of benzene rings is 22. The van der Waals surface area contributed by atoms with Crippen molar-refractivity contribution in [3.8, 4) is 62.7 Å². The molecule has 0 aliphatic heterocycles. The quantitative estimate of drug-likeness (QED) is 0.148. The number of thiophene rings is 3. The molecule has 0 aliphatic carbocycles. The molecule has 22 aromatic carbocycles. The Bertz CT molecular complexity index is 10600. The van der Waals surface area contributed by atoms with Crippen LogP contribution in [0.2, 0.25) is 0 Å². The van der Waals surface area contributed by atoms with E-state index in [0.717, 1.165) is 105 Å². The summed E-state index contributed by atoms with van der Waals surface area (Å²) in [5.74, 6) is 2.03. The van der Waals surface area contributed by atoms with Crippen molar-refractivity contribution in [2.45, 2.75) is 0 Å². The van der Waals surface area contributed by atoms with Crippen LogP contribution in [-0.4, -0.2) is 43.6 Å². The number of aromatic nitrogens is 9. The monoisotopic (exact) mass is 1810 g/mol. The maximum absolute atomic E-state index is 5.45. The summed E-state index contributed by atoms with van der Waals surface area (Å²) in [4.78, 5) is 31.6. The van der Waals surface area contributed by atoms with E-state index in [1.165, 1.54) is 163 Å². The maximum atomic E-state index is 5.45. The summed E-state index contributed by atoms with van der Waals surface area (Å²) in [6, 6.07) is 159. The SMILES string of the molecule is c1ccc(-c2ccc3nc(-n4c5ccccc5c5ccc6c(ccc7ccc8sc9ccccc9c8c76)c54)nc(-c4ccccc4)c3c2)cc1.c1ccc(-c2nc(-n3c4ccccc4c4cc5c(ccc6c5ccc5c7ccccc7sc56)cc43)nc3ccccc23)cc1.c1ccc(-c2nc(-n3c4ccccc4c4cc5ccc6c(ccc7c8ccccc8sc76)c5cc43)nc3ccccc23)cc1. The second kappa shape index (κ2) is 31.0. The molecule has 0 aliphatic rings. The molecule has 9 aromatic heterocycles. The van der Waals surface area contributed by atoms with Gasteiger partial charge in [0.2, 0.25) is 17.8 Å². The minimum absolute atomic E-state index is 0.668. The van der Waals surface area contributed by atoms with Crippen molar-refractivity contribution in [3.63, 3.8) is 0 Å². The Balaban J connectivity index is 0.000000100. The zero-order valence-corrected chi connectivity index (χ0v) is 76.3. The molecular weight excluding hydrogens is 1740 g/mol. The van der Waals surface area contributed by atoms with Crippen LogP contribution in [0.25, 0.3) is 286 Å². The third-order valence-electron chi connectivity index (χ3n) is 28.2. The Labute approximate surface area is 800 Å². The third kappa shape index (κ3) is 12.2. The summed E-state index contributed by atoms with van der Waals surface area (Å²) in [5, 5.41) is 33.4. The van der Waals surface area contributed by atoms with Gasteiger partial charge in [-0.15, -0.1) is 34.0 Å². The van der Waals surface area contributed by atoms with Gasteiger partial charge in [-0.05, 0) is 151 Å². The van der Waals surface area contributed by atoms with Crippen molar-refractivity contribution in [2.75, 3.05) is 0 Å². The van der Waals surface area contributed by atoms with Gasteiger partial charge in [-0.25, -0.2) is 29.9 Å². The van der Waals surface area contributed by atoms with Gasteiger partial charge in [0, 0.05) is 142 Å². The molecule has 31 aromatic rings. The fraction of sp³-hybridized carbons (Fsp3) is 0. The smallest absolute Gasteiger partial charge is 0.235 e. The molecule has 640 valence electrons. The van der Waals surface area contributed by atoms with Crippen molar-refractivity contribution in [1.29, 1.82) is 0 Å². The van der Waals surface area contributed by atoms with Crippen LogP contribution >= 0.6 is 34.0 Å². The second-order valence-corrected chi connectivity index (χ2v) is 38.9. The number of rotatable bonds is 7. The van der Waals surface area contributed by atoms with E-state index in [9.17, 15) is 0 Å². The fourth-order valence-electron chi connectivity index (χ4n) is 21.9. The molecule has 138 heavy (non-hydrogen) atoms. The van der Waals surface area contributed by atoms with Gasteiger partial charge in [0.15, 0.2) is 0 Å². The molecule has 9 nitrogen and oxygen atoms in total. The molecule has 0 radical (unpaired) electrons. The van der Waals surface area contributed by atoms with Gasteiger partial charge in [-0.1, -0.05) is 352 Å². The molecule has 12 heteroatoms. The van der Waals surface area contributed by atoms with Crippen LogP contribution in [0, 0.1) is 0 Å². The molecule has 9 heterocycles. The van der Waals surface area contributed by atoms with E-state index < -0.39 is 0 Å². The Kier molecular flexibility index (Phi) is 17.5. The average Bonchev–Trinajstić information content (AvgIpc) is 1.52. The first-order valence-corrected chi connectivity index (χ1v) is 49.1. The standard InChI is InChI=1S/C46H27N3S.2C40H23N3S/c1-3-11-28(12-4-1)31-20-25-38-37(27-31)44(30-13-5-2-6-14-30)48-46(47-38)49-39-17-9-7-15-32(39)34-24-23-33-35(45(34)49)22-19-29-21-26-41-43(42(29)33)36-16-8-10-18-40(36)50-41;1-2-10-24(11-3-1)38-31-14-4-7-15-34(31)41-40(42-38)43-35-16-8-5-12-27(35)33-23-32-25(22-36(33)43)18-19-29-26(32)20-21-30-28-13-6-9-17-37(28)44-39(29)30;1-2-10-24(11-3-1)38-31-14-4-7-15-34(31)41-40(42-38)43-35-16-8-5-12-27(35)33-22-25-18-19-29-26(32(25)23-36(33)43)20-21-30-28-13-6-9-17-37(28)44-39(29)30/h1-27H;2*1-23H. The predicted molar refractivity (Wildman–Crippen MR) is 587 cm³/mol. The maximum Gasteiger partial charge on any atom is 0.235 e. The lowest BCUT2D eigenvalue weighted by Crippen LogP contribution is -2.04. The van der Waals surface area contributed by atoms with Gasteiger partial charge in [0.1, 0.15) is 0 Å². The zero-order valence-electron chi connectivity index (χ0n) is 73.9. The minimum Gasteiger partial charge on any atom is -0.278 e. The molecule has 0 spiro atoms. The highest BCUT2D eigenvalue weighted by Crippen LogP contribution is 2.50. The van der Waals surface area contributed by atoms with Crippen LogP contribution in [0.15, 0.2) is 443 Å². The van der Waals surface area contributed by atoms with E-state index in [4.69, 9.17) is 29.9 Å². The first-order valence-electron chi connectivity index (χ1n) is 46.6. The summed E-state index contributed by atoms with van der Waals surface area (Å²) in [5.41, 5.74) is 17.8. The lowest BCUT2D eigenvalue weighted by Gasteiger charge is -2.14. The molecule has 0 bridgehead atoms. The molecular formula is C126H73N9S3. The zero-order chi connectivity index (χ0) is 90.3. The van der Waals surface area contributed by atoms with Crippen molar-refractivity contribution in [1.82, 2.24) is 43.6 Å². The Morgan fingerprint density at radius 2 is 0.522 bits per heavy atom. The van der Waals surface area contributed by atoms with Gasteiger partial charge < -0.3 is 0 Å². The van der Waals surface area contributed by atoms with Gasteiger partial charge in [0.05, 0.1) is 66.7 Å². The number of hydrogen-bond donors (Lipinski definition) is 0. The van der Waals surface area contributed by atoms with Crippen LogP contribution in [-0.2, 0) is 0 Å².